The summed E-state index contributed by atoms with van der Waals surface area (Å²) in [6.45, 7) is 5.14. The summed E-state index contributed by atoms with van der Waals surface area (Å²) in [6.07, 6.45) is 2.28. The number of carbonyl (C=O) groups excluding carboxylic acids is 1. The van der Waals surface area contributed by atoms with Gasteiger partial charge in [-0.3, -0.25) is 4.79 Å². The van der Waals surface area contributed by atoms with Crippen LogP contribution in [0.2, 0.25) is 0 Å². The van der Waals surface area contributed by atoms with E-state index >= 15 is 0 Å². The van der Waals surface area contributed by atoms with Gasteiger partial charge in [-0.2, -0.15) is 0 Å². The molecule has 0 radical (unpaired) electrons. The molecule has 0 unspecified atom stereocenters. The second-order valence-corrected chi connectivity index (χ2v) is 6.68. The second kappa shape index (κ2) is 6.35. The van der Waals surface area contributed by atoms with Crippen molar-refractivity contribution in [1.29, 1.82) is 0 Å². The summed E-state index contributed by atoms with van der Waals surface area (Å²) in [4.78, 5) is 19.2. The Morgan fingerprint density at radius 2 is 2.16 bits per heavy atom. The number of oxazole rings is 1. The minimum atomic E-state index is 0.107. The number of carbonyl (C=O) groups is 1. The molecule has 1 aliphatic rings. The van der Waals surface area contributed by atoms with Crippen molar-refractivity contribution in [3.8, 4) is 0 Å². The van der Waals surface area contributed by atoms with Crippen LogP contribution in [-0.4, -0.2) is 34.0 Å². The third kappa shape index (κ3) is 3.04. The van der Waals surface area contributed by atoms with Gasteiger partial charge in [0.15, 0.2) is 11.5 Å². The van der Waals surface area contributed by atoms with Crippen molar-refractivity contribution in [2.75, 3.05) is 13.1 Å². The number of fused-ring (bicyclic) bond motifs is 1. The number of hydrogen-bond donors (Lipinski definition) is 0. The maximum atomic E-state index is 12.7. The van der Waals surface area contributed by atoms with Crippen molar-refractivity contribution in [1.82, 2.24) is 15.0 Å². The zero-order valence-electron chi connectivity index (χ0n) is 14.5. The van der Waals surface area contributed by atoms with Gasteiger partial charge < -0.3 is 13.8 Å². The Kier molecular flexibility index (Phi) is 4.03. The molecule has 1 aromatic carbocycles. The highest BCUT2D eigenvalue weighted by Crippen LogP contribution is 2.29. The Morgan fingerprint density at radius 3 is 2.92 bits per heavy atom. The molecule has 6 heteroatoms. The normalized spacial score (nSPS) is 18.0. The van der Waals surface area contributed by atoms with Crippen LogP contribution in [0.1, 0.15) is 41.7 Å². The van der Waals surface area contributed by atoms with Crippen LogP contribution in [0.25, 0.3) is 11.1 Å². The molecule has 3 aromatic rings. The molecule has 0 aliphatic carbocycles. The lowest BCUT2D eigenvalue weighted by Gasteiger charge is -2.31. The Labute approximate surface area is 145 Å². The maximum Gasteiger partial charge on any atom is 0.227 e. The van der Waals surface area contributed by atoms with Crippen LogP contribution in [0.3, 0.4) is 0 Å². The van der Waals surface area contributed by atoms with E-state index < -0.39 is 0 Å². The predicted octanol–water partition coefficient (Wildman–Crippen LogP) is 3.38. The summed E-state index contributed by atoms with van der Waals surface area (Å²) < 4.78 is 11.1. The number of para-hydroxylation sites is 2. The summed E-state index contributed by atoms with van der Waals surface area (Å²) in [5, 5.41) is 3.93. The first-order valence-corrected chi connectivity index (χ1v) is 8.67. The van der Waals surface area contributed by atoms with Gasteiger partial charge >= 0.3 is 0 Å². The molecular weight excluding hydrogens is 318 g/mol. The molecule has 25 heavy (non-hydrogen) atoms. The molecule has 0 N–H and O–H groups in total. The van der Waals surface area contributed by atoms with Crippen molar-refractivity contribution < 1.29 is 13.7 Å². The number of aromatic nitrogens is 2. The first kappa shape index (κ1) is 15.9. The maximum absolute atomic E-state index is 12.7. The summed E-state index contributed by atoms with van der Waals surface area (Å²) in [7, 11) is 0. The van der Waals surface area contributed by atoms with Crippen molar-refractivity contribution in [3.63, 3.8) is 0 Å². The highest BCUT2D eigenvalue weighted by Gasteiger charge is 2.29. The average molecular weight is 339 g/mol. The van der Waals surface area contributed by atoms with E-state index in [9.17, 15) is 4.79 Å². The van der Waals surface area contributed by atoms with E-state index in [-0.39, 0.29) is 11.8 Å². The number of amides is 1. The van der Waals surface area contributed by atoms with Crippen LogP contribution < -0.4 is 0 Å². The van der Waals surface area contributed by atoms with Crippen molar-refractivity contribution in [3.05, 3.63) is 47.2 Å². The van der Waals surface area contributed by atoms with Crippen molar-refractivity contribution in [2.45, 2.75) is 39.0 Å². The van der Waals surface area contributed by atoms with Gasteiger partial charge in [-0.15, -0.1) is 0 Å². The van der Waals surface area contributed by atoms with Gasteiger partial charge in [-0.05, 0) is 38.8 Å². The number of benzene rings is 1. The predicted molar refractivity (Wildman–Crippen MR) is 92.2 cm³/mol. The number of nitrogens with zero attached hydrogens (tertiary/aromatic N) is 3. The lowest BCUT2D eigenvalue weighted by molar-refractivity contribution is -0.131. The van der Waals surface area contributed by atoms with Crippen molar-refractivity contribution in [2.24, 2.45) is 0 Å². The second-order valence-electron chi connectivity index (χ2n) is 6.68. The molecular formula is C19H21N3O3. The van der Waals surface area contributed by atoms with Crippen LogP contribution in [0.4, 0.5) is 0 Å². The summed E-state index contributed by atoms with van der Waals surface area (Å²) in [5.41, 5.74) is 3.36. The van der Waals surface area contributed by atoms with Crippen LogP contribution in [0, 0.1) is 13.8 Å². The lowest BCUT2D eigenvalue weighted by atomic mass is 9.97. The zero-order valence-corrected chi connectivity index (χ0v) is 14.5. The first-order chi connectivity index (χ1) is 12.1. The van der Waals surface area contributed by atoms with Gasteiger partial charge in [0.1, 0.15) is 11.3 Å². The van der Waals surface area contributed by atoms with E-state index in [1.807, 2.05) is 43.0 Å². The highest BCUT2D eigenvalue weighted by atomic mass is 16.5. The monoisotopic (exact) mass is 339 g/mol. The molecule has 2 aromatic heterocycles. The molecule has 0 bridgehead atoms. The molecule has 1 saturated heterocycles. The molecule has 1 atom stereocenters. The molecule has 4 rings (SSSR count). The van der Waals surface area contributed by atoms with E-state index in [2.05, 4.69) is 10.1 Å². The fourth-order valence-electron chi connectivity index (χ4n) is 3.49. The first-order valence-electron chi connectivity index (χ1n) is 8.67. The topological polar surface area (TPSA) is 72.4 Å². The number of likely N-dealkylation sites (tertiary alicyclic amines) is 1. The fourth-order valence-corrected chi connectivity index (χ4v) is 3.49. The minimum absolute atomic E-state index is 0.107. The lowest BCUT2D eigenvalue weighted by Crippen LogP contribution is -2.40. The van der Waals surface area contributed by atoms with Gasteiger partial charge in [0.2, 0.25) is 5.91 Å². The summed E-state index contributed by atoms with van der Waals surface area (Å²) in [6, 6.07) is 7.77. The summed E-state index contributed by atoms with van der Waals surface area (Å²) >= 11 is 0. The third-order valence-electron chi connectivity index (χ3n) is 4.94. The minimum Gasteiger partial charge on any atom is -0.440 e. The largest absolute Gasteiger partial charge is 0.440 e. The Bertz CT molecular complexity index is 859. The van der Waals surface area contributed by atoms with Crippen LogP contribution in [0.5, 0.6) is 0 Å². The van der Waals surface area contributed by atoms with Crippen LogP contribution >= 0.6 is 0 Å². The number of aryl methyl sites for hydroxylation is 2. The molecule has 1 amide bonds. The Balaban J connectivity index is 1.49. The van der Waals surface area contributed by atoms with Crippen LogP contribution in [-0.2, 0) is 11.2 Å². The zero-order chi connectivity index (χ0) is 17.4. The molecule has 1 fully saturated rings. The number of hydrogen-bond acceptors (Lipinski definition) is 5. The standard InChI is InChI=1S/C19H21N3O3/c1-12-15(13(2)25-21-12)10-18(23)22-9-5-6-14(11-22)19-20-16-7-3-4-8-17(16)24-19/h3-4,7-8,14H,5-6,9-11H2,1-2H3/t14-/m1/s1. The van der Waals surface area contributed by atoms with E-state index in [0.717, 1.165) is 53.4 Å². The summed E-state index contributed by atoms with van der Waals surface area (Å²) in [5.74, 6) is 1.71. The third-order valence-corrected chi connectivity index (χ3v) is 4.94. The molecule has 1 aliphatic heterocycles. The molecule has 3 heterocycles. The molecule has 0 saturated carbocycles. The number of piperidine rings is 1. The van der Waals surface area contributed by atoms with E-state index in [4.69, 9.17) is 8.94 Å². The number of rotatable bonds is 3. The van der Waals surface area contributed by atoms with Crippen molar-refractivity contribution >= 4 is 17.0 Å². The Hall–Kier alpha value is -2.63. The molecule has 0 spiro atoms. The Morgan fingerprint density at radius 1 is 1.32 bits per heavy atom. The van der Waals surface area contributed by atoms with Gasteiger partial charge in [0, 0.05) is 18.7 Å². The van der Waals surface area contributed by atoms with Gasteiger partial charge in [-0.25, -0.2) is 4.98 Å². The quantitative estimate of drug-likeness (QED) is 0.731. The van der Waals surface area contributed by atoms with E-state index in [0.29, 0.717) is 13.0 Å². The smallest absolute Gasteiger partial charge is 0.227 e. The van der Waals surface area contributed by atoms with E-state index in [1.165, 1.54) is 0 Å². The van der Waals surface area contributed by atoms with Crippen LogP contribution in [0.15, 0.2) is 33.2 Å². The fraction of sp³-hybridized carbons (Fsp3) is 0.421. The van der Waals surface area contributed by atoms with Gasteiger partial charge in [0.25, 0.3) is 0 Å². The highest BCUT2D eigenvalue weighted by molar-refractivity contribution is 5.79. The van der Waals surface area contributed by atoms with Gasteiger partial charge in [-0.1, -0.05) is 17.3 Å². The molecule has 6 nitrogen and oxygen atoms in total. The van der Waals surface area contributed by atoms with E-state index in [1.54, 1.807) is 0 Å². The SMILES string of the molecule is Cc1noc(C)c1CC(=O)N1CCC[C@@H](c2nc3ccccc3o2)C1. The molecule has 130 valence electrons. The van der Waals surface area contributed by atoms with Gasteiger partial charge in [0.05, 0.1) is 18.0 Å². The average Bonchev–Trinajstić information content (AvgIpc) is 3.20.